The molecule has 1 saturated heterocycles. The molecule has 3 rings (SSSR count). The number of furan rings is 1. The summed E-state index contributed by atoms with van der Waals surface area (Å²) in [4.78, 5) is 13.7. The van der Waals surface area contributed by atoms with E-state index in [1.54, 1.807) is 4.90 Å². The number of nitrogens with zero attached hydrogens (tertiary/aromatic N) is 1. The lowest BCUT2D eigenvalue weighted by molar-refractivity contribution is -0.128. The lowest BCUT2D eigenvalue weighted by atomic mass is 10.2. The molecule has 3 nitrogen and oxygen atoms in total. The first-order valence-electron chi connectivity index (χ1n) is 7.02. The summed E-state index contributed by atoms with van der Waals surface area (Å²) in [5.74, 6) is 0.115. The number of hydrogen-bond donors (Lipinski definition) is 0. The Bertz CT molecular complexity index is 701. The van der Waals surface area contributed by atoms with Crippen LogP contribution in [0.15, 0.2) is 34.7 Å². The van der Waals surface area contributed by atoms with E-state index in [9.17, 15) is 13.6 Å². The molecule has 1 aromatic heterocycles. The summed E-state index contributed by atoms with van der Waals surface area (Å²) < 4.78 is 32.0. The van der Waals surface area contributed by atoms with E-state index in [0.29, 0.717) is 11.3 Å². The number of hydrogen-bond acceptors (Lipinski definition) is 3. The maximum Gasteiger partial charge on any atom is 0.234 e. The number of thioether (sulfide) groups is 1. The Hall–Kier alpha value is -1.82. The molecule has 1 atom stereocenters. The van der Waals surface area contributed by atoms with Crippen LogP contribution >= 0.6 is 11.8 Å². The molecule has 116 valence electrons. The number of aryl methyl sites for hydroxylation is 1. The average molecular weight is 323 g/mol. The highest BCUT2D eigenvalue weighted by Crippen LogP contribution is 2.40. The molecule has 1 fully saturated rings. The molecule has 6 heteroatoms. The van der Waals surface area contributed by atoms with Crippen molar-refractivity contribution >= 4 is 17.7 Å². The minimum absolute atomic E-state index is 0.0332. The van der Waals surface area contributed by atoms with E-state index in [1.807, 2.05) is 19.1 Å². The molecule has 2 heterocycles. The van der Waals surface area contributed by atoms with Crippen molar-refractivity contribution in [2.75, 3.05) is 5.75 Å². The largest absolute Gasteiger partial charge is 0.463 e. The zero-order chi connectivity index (χ0) is 15.7. The monoisotopic (exact) mass is 323 g/mol. The van der Waals surface area contributed by atoms with Crippen LogP contribution in [0.3, 0.4) is 0 Å². The van der Waals surface area contributed by atoms with Gasteiger partial charge in [0, 0.05) is 13.0 Å². The minimum atomic E-state index is -0.903. The van der Waals surface area contributed by atoms with Gasteiger partial charge in [-0.25, -0.2) is 8.78 Å². The maximum absolute atomic E-state index is 13.3. The van der Waals surface area contributed by atoms with Gasteiger partial charge in [-0.2, -0.15) is 0 Å². The van der Waals surface area contributed by atoms with Crippen LogP contribution in [0.25, 0.3) is 0 Å². The zero-order valence-corrected chi connectivity index (χ0v) is 12.8. The standard InChI is InChI=1S/C16H15F2NO2S/c1-2-11-4-6-14(21-11)16-19(15(20)9-22-16)8-10-3-5-12(17)13(18)7-10/h3-7,16H,2,8-9H2,1H3. The molecule has 0 saturated carbocycles. The van der Waals surface area contributed by atoms with Crippen molar-refractivity contribution in [3.8, 4) is 0 Å². The first-order chi connectivity index (χ1) is 10.6. The number of carbonyl (C=O) groups is 1. The minimum Gasteiger partial charge on any atom is -0.463 e. The van der Waals surface area contributed by atoms with Gasteiger partial charge in [-0.15, -0.1) is 11.8 Å². The van der Waals surface area contributed by atoms with E-state index in [4.69, 9.17) is 4.42 Å². The summed E-state index contributed by atoms with van der Waals surface area (Å²) in [7, 11) is 0. The highest BCUT2D eigenvalue weighted by Gasteiger charge is 2.34. The van der Waals surface area contributed by atoms with Crippen LogP contribution in [0.5, 0.6) is 0 Å². The van der Waals surface area contributed by atoms with Gasteiger partial charge in [0.05, 0.1) is 5.75 Å². The molecule has 22 heavy (non-hydrogen) atoms. The summed E-state index contributed by atoms with van der Waals surface area (Å²) in [6.45, 7) is 2.23. The molecule has 1 unspecified atom stereocenters. The predicted molar refractivity (Wildman–Crippen MR) is 80.2 cm³/mol. The predicted octanol–water partition coefficient (Wildman–Crippen LogP) is 3.89. The maximum atomic E-state index is 13.3. The molecule has 1 amide bonds. The third kappa shape index (κ3) is 2.88. The van der Waals surface area contributed by atoms with Gasteiger partial charge >= 0.3 is 0 Å². The Balaban J connectivity index is 1.82. The first kappa shape index (κ1) is 15.1. The quantitative estimate of drug-likeness (QED) is 0.856. The van der Waals surface area contributed by atoms with Gasteiger partial charge < -0.3 is 9.32 Å². The second-order valence-electron chi connectivity index (χ2n) is 5.09. The Morgan fingerprint density at radius 1 is 1.27 bits per heavy atom. The van der Waals surface area contributed by atoms with Crippen LogP contribution < -0.4 is 0 Å². The molecule has 0 N–H and O–H groups in total. The second-order valence-corrected chi connectivity index (χ2v) is 6.16. The van der Waals surface area contributed by atoms with Crippen molar-refractivity contribution in [3.05, 3.63) is 59.1 Å². The topological polar surface area (TPSA) is 33.5 Å². The lowest BCUT2D eigenvalue weighted by Gasteiger charge is -2.22. The highest BCUT2D eigenvalue weighted by atomic mass is 32.2. The molecule has 2 aromatic rings. The zero-order valence-electron chi connectivity index (χ0n) is 12.0. The smallest absolute Gasteiger partial charge is 0.234 e. The van der Waals surface area contributed by atoms with Gasteiger partial charge in [-0.1, -0.05) is 13.0 Å². The number of benzene rings is 1. The van der Waals surface area contributed by atoms with Gasteiger partial charge in [0.2, 0.25) is 5.91 Å². The van der Waals surface area contributed by atoms with Crippen LogP contribution in [0.4, 0.5) is 8.78 Å². The van der Waals surface area contributed by atoms with Gasteiger partial charge in [-0.3, -0.25) is 4.79 Å². The van der Waals surface area contributed by atoms with Crippen molar-refractivity contribution < 1.29 is 18.0 Å². The van der Waals surface area contributed by atoms with E-state index in [-0.39, 0.29) is 17.8 Å². The summed E-state index contributed by atoms with van der Waals surface area (Å²) in [5, 5.41) is -0.221. The highest BCUT2D eigenvalue weighted by molar-refractivity contribution is 8.00. The SMILES string of the molecule is CCc1ccc(C2SCC(=O)N2Cc2ccc(F)c(F)c2)o1. The molecular weight excluding hydrogens is 308 g/mol. The van der Waals surface area contributed by atoms with Crippen molar-refractivity contribution in [1.29, 1.82) is 0 Å². The summed E-state index contributed by atoms with van der Waals surface area (Å²) in [5.41, 5.74) is 0.557. The molecule has 0 aliphatic carbocycles. The number of amides is 1. The van der Waals surface area contributed by atoms with E-state index >= 15 is 0 Å². The molecule has 1 aliphatic heterocycles. The molecule has 0 radical (unpaired) electrons. The van der Waals surface area contributed by atoms with Crippen molar-refractivity contribution in [2.24, 2.45) is 0 Å². The normalized spacial score (nSPS) is 18.2. The summed E-state index contributed by atoms with van der Waals surface area (Å²) in [6, 6.07) is 7.46. The number of carbonyl (C=O) groups excluding carboxylic acids is 1. The number of rotatable bonds is 4. The third-order valence-electron chi connectivity index (χ3n) is 3.58. The lowest BCUT2D eigenvalue weighted by Crippen LogP contribution is -2.27. The van der Waals surface area contributed by atoms with Gasteiger partial charge in [0.15, 0.2) is 11.6 Å². The Morgan fingerprint density at radius 3 is 2.77 bits per heavy atom. The summed E-state index contributed by atoms with van der Waals surface area (Å²) in [6.07, 6.45) is 0.786. The fraction of sp³-hybridized carbons (Fsp3) is 0.312. The fourth-order valence-electron chi connectivity index (χ4n) is 2.41. The van der Waals surface area contributed by atoms with Crippen LogP contribution in [0.2, 0.25) is 0 Å². The van der Waals surface area contributed by atoms with E-state index in [0.717, 1.165) is 30.1 Å². The first-order valence-corrected chi connectivity index (χ1v) is 8.07. The molecule has 1 aromatic carbocycles. The molecule has 0 spiro atoms. The van der Waals surface area contributed by atoms with Gasteiger partial charge in [0.25, 0.3) is 0 Å². The van der Waals surface area contributed by atoms with E-state index < -0.39 is 11.6 Å². The molecular formula is C16H15F2NO2S. The van der Waals surface area contributed by atoms with E-state index in [2.05, 4.69) is 0 Å². The Kier molecular flexibility index (Phi) is 4.20. The van der Waals surface area contributed by atoms with Crippen LogP contribution in [-0.2, 0) is 17.8 Å². The van der Waals surface area contributed by atoms with Crippen molar-refractivity contribution in [1.82, 2.24) is 4.90 Å². The van der Waals surface area contributed by atoms with Crippen LogP contribution in [-0.4, -0.2) is 16.6 Å². The summed E-state index contributed by atoms with van der Waals surface area (Å²) >= 11 is 1.48. The Morgan fingerprint density at radius 2 is 2.09 bits per heavy atom. The Labute approximate surface area is 131 Å². The average Bonchev–Trinajstić information content (AvgIpc) is 3.10. The molecule has 1 aliphatic rings. The van der Waals surface area contributed by atoms with Crippen molar-refractivity contribution in [3.63, 3.8) is 0 Å². The van der Waals surface area contributed by atoms with Crippen molar-refractivity contribution in [2.45, 2.75) is 25.3 Å². The van der Waals surface area contributed by atoms with E-state index in [1.165, 1.54) is 17.8 Å². The van der Waals surface area contributed by atoms with Gasteiger partial charge in [-0.05, 0) is 29.8 Å². The van der Waals surface area contributed by atoms with Crippen LogP contribution in [0.1, 0.15) is 29.4 Å². The fourth-order valence-corrected chi connectivity index (χ4v) is 3.54. The third-order valence-corrected chi connectivity index (χ3v) is 4.80. The number of halogens is 2. The van der Waals surface area contributed by atoms with Crippen LogP contribution in [0, 0.1) is 11.6 Å². The van der Waals surface area contributed by atoms with Gasteiger partial charge in [0.1, 0.15) is 16.9 Å². The second kappa shape index (κ2) is 6.12. The molecule has 0 bridgehead atoms.